The molecule has 0 atom stereocenters. The van der Waals surface area contributed by atoms with E-state index in [9.17, 15) is 4.79 Å². The molecule has 3 rings (SSSR count). The lowest BCUT2D eigenvalue weighted by Gasteiger charge is -2.36. The second-order valence-corrected chi connectivity index (χ2v) is 6.46. The van der Waals surface area contributed by atoms with Gasteiger partial charge in [0.1, 0.15) is 5.82 Å². The van der Waals surface area contributed by atoms with Crippen LogP contribution in [0.25, 0.3) is 0 Å². The van der Waals surface area contributed by atoms with Gasteiger partial charge in [-0.1, -0.05) is 6.07 Å². The summed E-state index contributed by atoms with van der Waals surface area (Å²) in [6.07, 6.45) is 3.85. The molecule has 2 aromatic heterocycles. The lowest BCUT2D eigenvalue weighted by molar-refractivity contribution is -0.116. The van der Waals surface area contributed by atoms with Crippen LogP contribution in [0.5, 0.6) is 0 Å². The number of rotatable bonds is 5. The number of pyridine rings is 1. The minimum atomic E-state index is -0.0768. The van der Waals surface area contributed by atoms with Crippen molar-refractivity contribution in [2.24, 2.45) is 4.99 Å². The number of anilines is 2. The first-order valence-electron chi connectivity index (χ1n) is 9.37. The van der Waals surface area contributed by atoms with Crippen LogP contribution in [-0.2, 0) is 4.79 Å². The molecule has 9 heteroatoms. The maximum atomic E-state index is 12.1. The predicted octanol–water partition coefficient (Wildman–Crippen LogP) is 0.906. The maximum Gasteiger partial charge on any atom is 0.227 e. The minimum Gasteiger partial charge on any atom is -0.356 e. The number of guanidine groups is 1. The van der Waals surface area contributed by atoms with E-state index in [0.29, 0.717) is 18.8 Å². The maximum absolute atomic E-state index is 12.1. The van der Waals surface area contributed by atoms with Gasteiger partial charge in [-0.2, -0.15) is 0 Å². The fraction of sp³-hybridized carbons (Fsp3) is 0.421. The molecule has 0 bridgehead atoms. The molecule has 0 aromatic carbocycles. The van der Waals surface area contributed by atoms with Gasteiger partial charge in [0, 0.05) is 64.3 Å². The molecular weight excluding hydrogens is 356 g/mol. The third kappa shape index (κ3) is 5.38. The Morgan fingerprint density at radius 1 is 1.14 bits per heavy atom. The number of hydrogen-bond acceptors (Lipinski definition) is 6. The van der Waals surface area contributed by atoms with Crippen LogP contribution in [-0.4, -0.2) is 71.5 Å². The summed E-state index contributed by atoms with van der Waals surface area (Å²) in [6, 6.07) is 7.37. The van der Waals surface area contributed by atoms with E-state index in [0.717, 1.165) is 43.8 Å². The van der Waals surface area contributed by atoms with Gasteiger partial charge < -0.3 is 20.4 Å². The third-order valence-electron chi connectivity index (χ3n) is 4.42. The summed E-state index contributed by atoms with van der Waals surface area (Å²) in [5, 5.41) is 6.08. The monoisotopic (exact) mass is 382 g/mol. The van der Waals surface area contributed by atoms with E-state index in [1.54, 1.807) is 25.5 Å². The lowest BCUT2D eigenvalue weighted by atomic mass is 10.3. The number of nitrogens with zero attached hydrogens (tertiary/aromatic N) is 6. The van der Waals surface area contributed by atoms with Gasteiger partial charge in [-0.3, -0.25) is 9.79 Å². The zero-order chi connectivity index (χ0) is 19.8. The average Bonchev–Trinajstić information content (AvgIpc) is 2.72. The molecule has 0 aliphatic carbocycles. The number of carbonyl (C=O) groups excluding carboxylic acids is 1. The molecular formula is C19H26N8O. The van der Waals surface area contributed by atoms with Gasteiger partial charge in [-0.15, -0.1) is 0 Å². The first kappa shape index (κ1) is 19.5. The second kappa shape index (κ2) is 9.63. The number of aliphatic imine (C=N–C) groups is 1. The third-order valence-corrected chi connectivity index (χ3v) is 4.42. The van der Waals surface area contributed by atoms with Gasteiger partial charge in [0.05, 0.1) is 0 Å². The minimum absolute atomic E-state index is 0.0768. The van der Waals surface area contributed by atoms with Crippen LogP contribution >= 0.6 is 0 Å². The SMILES string of the molecule is CN=C(NCCC(=O)Nc1cccc(C)n1)N1CCN(c2ncccn2)CC1. The number of amides is 1. The summed E-state index contributed by atoms with van der Waals surface area (Å²) in [5.41, 5.74) is 0.872. The number of carbonyl (C=O) groups is 1. The molecule has 9 nitrogen and oxygen atoms in total. The Morgan fingerprint density at radius 3 is 2.57 bits per heavy atom. The first-order chi connectivity index (χ1) is 13.7. The standard InChI is InChI=1S/C19H26N8O/c1-15-5-3-6-16(24-15)25-17(28)7-10-23-18(20-2)26-11-13-27(14-12-26)19-21-8-4-9-22-19/h3-6,8-9H,7,10-14H2,1-2H3,(H,20,23)(H,24,25,28). The van der Waals surface area contributed by atoms with Crippen molar-refractivity contribution in [2.75, 3.05) is 50.0 Å². The summed E-state index contributed by atoms with van der Waals surface area (Å²) in [7, 11) is 1.76. The molecule has 2 aromatic rings. The van der Waals surface area contributed by atoms with Crippen LogP contribution in [0.4, 0.5) is 11.8 Å². The molecule has 28 heavy (non-hydrogen) atoms. The van der Waals surface area contributed by atoms with Crippen LogP contribution in [0.3, 0.4) is 0 Å². The van der Waals surface area contributed by atoms with Gasteiger partial charge in [0.2, 0.25) is 11.9 Å². The molecule has 2 N–H and O–H groups in total. The highest BCUT2D eigenvalue weighted by atomic mass is 16.1. The first-order valence-corrected chi connectivity index (χ1v) is 9.37. The quantitative estimate of drug-likeness (QED) is 0.586. The van der Waals surface area contributed by atoms with E-state index in [2.05, 4.69) is 40.4 Å². The summed E-state index contributed by atoms with van der Waals surface area (Å²) in [5.74, 6) is 2.06. The van der Waals surface area contributed by atoms with Crippen molar-refractivity contribution in [1.82, 2.24) is 25.2 Å². The number of aryl methyl sites for hydroxylation is 1. The Labute approximate surface area is 164 Å². The highest BCUT2D eigenvalue weighted by Crippen LogP contribution is 2.10. The Bertz CT molecular complexity index is 803. The van der Waals surface area contributed by atoms with Crippen molar-refractivity contribution in [3.05, 3.63) is 42.4 Å². The highest BCUT2D eigenvalue weighted by Gasteiger charge is 2.21. The van der Waals surface area contributed by atoms with Gasteiger partial charge in [0.15, 0.2) is 5.96 Å². The van der Waals surface area contributed by atoms with Crippen LogP contribution in [0.1, 0.15) is 12.1 Å². The van der Waals surface area contributed by atoms with Gasteiger partial charge >= 0.3 is 0 Å². The molecule has 1 aliphatic heterocycles. The topological polar surface area (TPSA) is 98.6 Å². The Balaban J connectivity index is 1.42. The van der Waals surface area contributed by atoms with Crippen molar-refractivity contribution in [1.29, 1.82) is 0 Å². The fourth-order valence-corrected chi connectivity index (χ4v) is 3.01. The Kier molecular flexibility index (Phi) is 6.72. The van der Waals surface area contributed by atoms with Crippen molar-refractivity contribution < 1.29 is 4.79 Å². The molecule has 1 amide bonds. The van der Waals surface area contributed by atoms with Crippen molar-refractivity contribution in [3.63, 3.8) is 0 Å². The molecule has 1 saturated heterocycles. The average molecular weight is 382 g/mol. The highest BCUT2D eigenvalue weighted by molar-refractivity contribution is 5.90. The zero-order valence-corrected chi connectivity index (χ0v) is 16.3. The van der Waals surface area contributed by atoms with E-state index >= 15 is 0 Å². The van der Waals surface area contributed by atoms with E-state index < -0.39 is 0 Å². The van der Waals surface area contributed by atoms with Gasteiger partial charge in [-0.25, -0.2) is 15.0 Å². The van der Waals surface area contributed by atoms with Crippen molar-refractivity contribution in [3.8, 4) is 0 Å². The van der Waals surface area contributed by atoms with E-state index in [1.165, 1.54) is 0 Å². The molecule has 0 unspecified atom stereocenters. The van der Waals surface area contributed by atoms with E-state index in [1.807, 2.05) is 25.1 Å². The molecule has 0 radical (unpaired) electrons. The molecule has 0 spiro atoms. The molecule has 1 aliphatic rings. The van der Waals surface area contributed by atoms with Crippen molar-refractivity contribution in [2.45, 2.75) is 13.3 Å². The largest absolute Gasteiger partial charge is 0.356 e. The van der Waals surface area contributed by atoms with Crippen LogP contribution in [0.2, 0.25) is 0 Å². The second-order valence-electron chi connectivity index (χ2n) is 6.46. The molecule has 3 heterocycles. The van der Waals surface area contributed by atoms with E-state index in [-0.39, 0.29) is 5.91 Å². The Hall–Kier alpha value is -3.23. The molecule has 0 saturated carbocycles. The van der Waals surface area contributed by atoms with Crippen LogP contribution < -0.4 is 15.5 Å². The van der Waals surface area contributed by atoms with Crippen molar-refractivity contribution >= 4 is 23.6 Å². The summed E-state index contributed by atoms with van der Waals surface area (Å²) < 4.78 is 0. The van der Waals surface area contributed by atoms with Crippen LogP contribution in [0, 0.1) is 6.92 Å². The van der Waals surface area contributed by atoms with E-state index in [4.69, 9.17) is 0 Å². The molecule has 148 valence electrons. The number of piperazine rings is 1. The predicted molar refractivity (Wildman–Crippen MR) is 109 cm³/mol. The van der Waals surface area contributed by atoms with Gasteiger partial charge in [0.25, 0.3) is 0 Å². The summed E-state index contributed by atoms with van der Waals surface area (Å²) in [6.45, 7) is 5.68. The number of nitrogens with one attached hydrogen (secondary N) is 2. The van der Waals surface area contributed by atoms with Crippen LogP contribution in [0.15, 0.2) is 41.7 Å². The summed E-state index contributed by atoms with van der Waals surface area (Å²) >= 11 is 0. The smallest absolute Gasteiger partial charge is 0.227 e. The zero-order valence-electron chi connectivity index (χ0n) is 16.3. The number of aromatic nitrogens is 3. The lowest BCUT2D eigenvalue weighted by Crippen LogP contribution is -2.53. The summed E-state index contributed by atoms with van der Waals surface area (Å²) in [4.78, 5) is 33.7. The molecule has 1 fully saturated rings. The number of hydrogen-bond donors (Lipinski definition) is 2. The Morgan fingerprint density at radius 2 is 1.89 bits per heavy atom. The van der Waals surface area contributed by atoms with Gasteiger partial charge in [-0.05, 0) is 25.1 Å². The normalized spacial score (nSPS) is 14.7. The fourth-order valence-electron chi connectivity index (χ4n) is 3.01.